The third kappa shape index (κ3) is 300. The van der Waals surface area contributed by atoms with Crippen molar-refractivity contribution in [1.82, 2.24) is 0 Å². The number of allylic oxidation sites excluding steroid dienone is 1. The second-order valence-corrected chi connectivity index (χ2v) is 0.816. The van der Waals surface area contributed by atoms with Crippen molar-refractivity contribution in [2.75, 3.05) is 14.2 Å². The molecular weight excluding hydrogens is 76.1 g/mol. The molecule has 0 unspecified atom stereocenters. The van der Waals surface area contributed by atoms with Gasteiger partial charge in [0.15, 0.2) is 0 Å². The van der Waals surface area contributed by atoms with E-state index in [0.29, 0.717) is 0 Å². The lowest BCUT2D eigenvalue weighted by atomic mass is 10.8. The Kier molecular flexibility index (Phi) is 34.1. The number of hydrogen-bond donors (Lipinski definition) is 0. The van der Waals surface area contributed by atoms with Crippen LogP contribution in [0.15, 0.2) is 12.7 Å². The van der Waals surface area contributed by atoms with E-state index in [4.69, 9.17) is 0 Å². The summed E-state index contributed by atoms with van der Waals surface area (Å²) in [5.74, 6) is 0. The highest BCUT2D eigenvalue weighted by atomic mass is 16.4. The second kappa shape index (κ2) is 22.3. The Morgan fingerprint density at radius 2 is 1.50 bits per heavy atom. The van der Waals surface area contributed by atoms with Crippen LogP contribution in [-0.4, -0.2) is 14.2 Å². The second-order valence-electron chi connectivity index (χ2n) is 0.816. The fraction of sp³-hybridized carbons (Fsp3) is 0.600. The molecule has 0 aliphatic rings. The van der Waals surface area contributed by atoms with Crippen LogP contribution in [0, 0.1) is 0 Å². The van der Waals surface area contributed by atoms with E-state index in [9.17, 15) is 0 Å². The third-order valence-electron chi connectivity index (χ3n) is 0. The quantitative estimate of drug-likeness (QED) is 0.407. The zero-order chi connectivity index (χ0) is 5.41. The van der Waals surface area contributed by atoms with Crippen LogP contribution >= 0.6 is 0 Å². The van der Waals surface area contributed by atoms with Crippen LogP contribution in [-0.2, 0) is 4.74 Å². The van der Waals surface area contributed by atoms with Crippen molar-refractivity contribution in [3.63, 3.8) is 0 Å². The normalized spacial score (nSPS) is 5.17. The molecule has 0 radical (unpaired) electrons. The van der Waals surface area contributed by atoms with E-state index in [2.05, 4.69) is 11.3 Å². The average molecular weight is 88.1 g/mol. The van der Waals surface area contributed by atoms with Gasteiger partial charge in [0.1, 0.15) is 0 Å². The first-order valence-electron chi connectivity index (χ1n) is 1.80. The molecule has 0 bridgehead atoms. The van der Waals surface area contributed by atoms with Gasteiger partial charge in [0, 0.05) is 14.2 Å². The third-order valence-corrected chi connectivity index (χ3v) is 0. The first-order valence-corrected chi connectivity index (χ1v) is 1.80. The van der Waals surface area contributed by atoms with E-state index >= 15 is 0 Å². The number of rotatable bonds is 0. The van der Waals surface area contributed by atoms with Gasteiger partial charge in [0.2, 0.25) is 0 Å². The molecule has 0 rings (SSSR count). The lowest BCUT2D eigenvalue weighted by Gasteiger charge is -1.61. The highest BCUT2D eigenvalue weighted by Crippen LogP contribution is 1.38. The van der Waals surface area contributed by atoms with E-state index < -0.39 is 0 Å². The molecule has 0 aromatic carbocycles. The van der Waals surface area contributed by atoms with E-state index in [1.165, 1.54) is 0 Å². The monoisotopic (exact) mass is 88.1 g/mol. The summed E-state index contributed by atoms with van der Waals surface area (Å²) in [7, 11) is 3.25. The predicted octanol–water partition coefficient (Wildman–Crippen LogP) is 1.45. The Morgan fingerprint density at radius 1 is 1.50 bits per heavy atom. The first kappa shape index (κ1) is 9.20. The molecule has 38 valence electrons. The molecule has 0 saturated carbocycles. The van der Waals surface area contributed by atoms with Crippen molar-refractivity contribution in [3.8, 4) is 0 Å². The summed E-state index contributed by atoms with van der Waals surface area (Å²) in [6, 6.07) is 0. The highest BCUT2D eigenvalue weighted by molar-refractivity contribution is 4.51. The minimum absolute atomic E-state index is 1.62. The van der Waals surface area contributed by atoms with Crippen molar-refractivity contribution in [2.45, 2.75) is 6.92 Å². The molecule has 6 heavy (non-hydrogen) atoms. The van der Waals surface area contributed by atoms with Crippen LogP contribution in [0.1, 0.15) is 6.92 Å². The fourth-order valence-electron chi connectivity index (χ4n) is 0. The summed E-state index contributed by atoms with van der Waals surface area (Å²) in [6.45, 7) is 5.25. The largest absolute Gasteiger partial charge is 0.388 e. The Balaban J connectivity index is 0. The average Bonchev–Trinajstić information content (AvgIpc) is 1.39. The van der Waals surface area contributed by atoms with Gasteiger partial charge in [0.25, 0.3) is 0 Å². The van der Waals surface area contributed by atoms with Crippen LogP contribution in [0.3, 0.4) is 0 Å². The minimum atomic E-state index is 1.62. The summed E-state index contributed by atoms with van der Waals surface area (Å²) in [6.07, 6.45) is 1.75. The summed E-state index contributed by atoms with van der Waals surface area (Å²) in [5, 5.41) is 0. The Hall–Kier alpha value is -0.300. The zero-order valence-corrected chi connectivity index (χ0v) is 4.69. The molecule has 1 heteroatoms. The molecular formula is C5H12O. The van der Waals surface area contributed by atoms with Gasteiger partial charge in [0.05, 0.1) is 0 Å². The molecule has 0 aromatic rings. The van der Waals surface area contributed by atoms with E-state index in [1.807, 2.05) is 6.92 Å². The van der Waals surface area contributed by atoms with Gasteiger partial charge >= 0.3 is 0 Å². The summed E-state index contributed by atoms with van der Waals surface area (Å²) < 4.78 is 4.25. The predicted molar refractivity (Wildman–Crippen MR) is 28.8 cm³/mol. The molecule has 0 amide bonds. The molecule has 1 nitrogen and oxygen atoms in total. The Morgan fingerprint density at radius 3 is 1.50 bits per heavy atom. The van der Waals surface area contributed by atoms with Gasteiger partial charge in [-0.05, 0) is 6.92 Å². The van der Waals surface area contributed by atoms with Gasteiger partial charge in [-0.25, -0.2) is 0 Å². The molecule has 0 saturated heterocycles. The maximum absolute atomic E-state index is 4.25. The number of hydrogen-bond acceptors (Lipinski definition) is 1. The van der Waals surface area contributed by atoms with Crippen molar-refractivity contribution >= 4 is 0 Å². The van der Waals surface area contributed by atoms with Gasteiger partial charge in [-0.3, -0.25) is 0 Å². The molecule has 0 N–H and O–H groups in total. The zero-order valence-electron chi connectivity index (χ0n) is 4.69. The molecule has 0 aliphatic heterocycles. The summed E-state index contributed by atoms with van der Waals surface area (Å²) >= 11 is 0. The van der Waals surface area contributed by atoms with Crippen molar-refractivity contribution < 1.29 is 4.74 Å². The molecule has 0 aliphatic carbocycles. The standard InChI is InChI=1S/C3H6.C2H6O/c2*1-3-2/h3H,1H2,2H3;1-2H3. The van der Waals surface area contributed by atoms with E-state index in [1.54, 1.807) is 20.3 Å². The molecule has 0 spiro atoms. The van der Waals surface area contributed by atoms with Gasteiger partial charge < -0.3 is 4.74 Å². The smallest absolute Gasteiger partial charge is 0.0351 e. The lowest BCUT2D eigenvalue weighted by molar-refractivity contribution is 0.277. The number of methoxy groups -OCH3 is 1. The minimum Gasteiger partial charge on any atom is -0.388 e. The van der Waals surface area contributed by atoms with Gasteiger partial charge in [-0.15, -0.1) is 6.58 Å². The Bertz CT molecular complexity index is 17.9. The van der Waals surface area contributed by atoms with Gasteiger partial charge in [-0.1, -0.05) is 6.08 Å². The first-order chi connectivity index (χ1) is 2.83. The topological polar surface area (TPSA) is 9.23 Å². The van der Waals surface area contributed by atoms with Crippen LogP contribution in [0.5, 0.6) is 0 Å². The highest BCUT2D eigenvalue weighted by Gasteiger charge is 1.25. The lowest BCUT2D eigenvalue weighted by Crippen LogP contribution is -1.55. The maximum Gasteiger partial charge on any atom is 0.0351 e. The van der Waals surface area contributed by atoms with E-state index in [0.717, 1.165) is 0 Å². The van der Waals surface area contributed by atoms with Crippen LogP contribution in [0.4, 0.5) is 0 Å². The SMILES string of the molecule is C=CC.COC. The van der Waals surface area contributed by atoms with Crippen molar-refractivity contribution in [3.05, 3.63) is 12.7 Å². The maximum atomic E-state index is 4.25. The molecule has 0 fully saturated rings. The molecule has 0 aromatic heterocycles. The summed E-state index contributed by atoms with van der Waals surface area (Å²) in [4.78, 5) is 0. The van der Waals surface area contributed by atoms with Gasteiger partial charge in [-0.2, -0.15) is 0 Å². The van der Waals surface area contributed by atoms with Crippen molar-refractivity contribution in [1.29, 1.82) is 0 Å². The molecule has 0 atom stereocenters. The molecule has 0 heterocycles. The van der Waals surface area contributed by atoms with Crippen LogP contribution < -0.4 is 0 Å². The van der Waals surface area contributed by atoms with E-state index in [-0.39, 0.29) is 0 Å². The number of ether oxygens (including phenoxy) is 1. The Labute approximate surface area is 39.6 Å². The van der Waals surface area contributed by atoms with Crippen LogP contribution in [0.2, 0.25) is 0 Å². The fourth-order valence-corrected chi connectivity index (χ4v) is 0. The summed E-state index contributed by atoms with van der Waals surface area (Å²) in [5.41, 5.74) is 0. The van der Waals surface area contributed by atoms with Crippen molar-refractivity contribution in [2.24, 2.45) is 0 Å². The van der Waals surface area contributed by atoms with Crippen LogP contribution in [0.25, 0.3) is 0 Å².